The molecule has 24 heavy (non-hydrogen) atoms. The predicted molar refractivity (Wildman–Crippen MR) is 93.5 cm³/mol. The van der Waals surface area contributed by atoms with Crippen LogP contribution in [0.1, 0.15) is 72.1 Å². The molecule has 0 aromatic rings. The molecule has 5 heteroatoms. The Morgan fingerprint density at radius 3 is 1.83 bits per heavy atom. The number of esters is 2. The van der Waals surface area contributed by atoms with Gasteiger partial charge in [-0.1, -0.05) is 45.6 Å². The maximum atomic E-state index is 12.0. The van der Waals surface area contributed by atoms with Crippen LogP contribution >= 0.6 is 0 Å². The van der Waals surface area contributed by atoms with Gasteiger partial charge in [0.2, 0.25) is 0 Å². The molecule has 138 valence electrons. The molecule has 0 unspecified atom stereocenters. The Hall–Kier alpha value is -1.65. The molecule has 0 atom stereocenters. The van der Waals surface area contributed by atoms with Gasteiger partial charge in [0.1, 0.15) is 5.78 Å². The molecule has 0 heterocycles. The molecule has 0 aliphatic carbocycles. The molecular formula is C19H32O5. The van der Waals surface area contributed by atoms with Crippen LogP contribution in [0.2, 0.25) is 0 Å². The average molecular weight is 340 g/mol. The van der Waals surface area contributed by atoms with Gasteiger partial charge in [0.25, 0.3) is 0 Å². The number of hydrogen-bond donors (Lipinski definition) is 0. The first-order valence-corrected chi connectivity index (χ1v) is 9.00. The van der Waals surface area contributed by atoms with E-state index < -0.39 is 17.9 Å². The zero-order valence-corrected chi connectivity index (χ0v) is 15.4. The van der Waals surface area contributed by atoms with Crippen molar-refractivity contribution in [2.24, 2.45) is 5.92 Å². The number of ether oxygens (including phenoxy) is 2. The summed E-state index contributed by atoms with van der Waals surface area (Å²) in [5.41, 5.74) is 0.253. The minimum atomic E-state index is -1.21. The van der Waals surface area contributed by atoms with E-state index in [-0.39, 0.29) is 31.0 Å². The van der Waals surface area contributed by atoms with Crippen LogP contribution in [-0.4, -0.2) is 30.9 Å². The van der Waals surface area contributed by atoms with Crippen LogP contribution < -0.4 is 0 Å². The third-order valence-electron chi connectivity index (χ3n) is 3.69. The van der Waals surface area contributed by atoms with Crippen molar-refractivity contribution in [1.82, 2.24) is 0 Å². The van der Waals surface area contributed by atoms with E-state index in [1.807, 2.05) is 0 Å². The fraction of sp³-hybridized carbons (Fsp3) is 0.737. The van der Waals surface area contributed by atoms with E-state index in [9.17, 15) is 14.4 Å². The highest BCUT2D eigenvalue weighted by Gasteiger charge is 2.32. The lowest BCUT2D eigenvalue weighted by Gasteiger charge is -2.16. The minimum Gasteiger partial charge on any atom is -0.465 e. The second-order valence-electron chi connectivity index (χ2n) is 5.83. The van der Waals surface area contributed by atoms with Gasteiger partial charge in [-0.2, -0.15) is 0 Å². The Labute approximate surface area is 145 Å². The summed E-state index contributed by atoms with van der Waals surface area (Å²) in [7, 11) is 0. The van der Waals surface area contributed by atoms with Gasteiger partial charge >= 0.3 is 11.9 Å². The van der Waals surface area contributed by atoms with E-state index in [1.54, 1.807) is 13.8 Å². The molecule has 0 rings (SSSR count). The third-order valence-corrected chi connectivity index (χ3v) is 3.69. The van der Waals surface area contributed by atoms with Gasteiger partial charge in [0, 0.05) is 12.8 Å². The van der Waals surface area contributed by atoms with Crippen molar-refractivity contribution in [3.63, 3.8) is 0 Å². The second kappa shape index (κ2) is 13.8. The SMILES string of the molecule is C=C(CC(=O)CCCCCCCC)C(C(=O)OCC)C(=O)OCC. The van der Waals surface area contributed by atoms with Crippen molar-refractivity contribution in [2.45, 2.75) is 72.1 Å². The molecule has 0 fully saturated rings. The molecule has 0 aliphatic heterocycles. The molecule has 0 saturated carbocycles. The zero-order chi connectivity index (χ0) is 18.4. The summed E-state index contributed by atoms with van der Waals surface area (Å²) in [6.07, 6.45) is 7.08. The van der Waals surface area contributed by atoms with Gasteiger partial charge in [0.05, 0.1) is 13.2 Å². The monoisotopic (exact) mass is 340 g/mol. The summed E-state index contributed by atoms with van der Waals surface area (Å²) < 4.78 is 9.80. The summed E-state index contributed by atoms with van der Waals surface area (Å²) in [5, 5.41) is 0. The number of carbonyl (C=O) groups is 3. The molecule has 0 bridgehead atoms. The Morgan fingerprint density at radius 1 is 0.833 bits per heavy atom. The van der Waals surface area contributed by atoms with Crippen LogP contribution in [0.25, 0.3) is 0 Å². The van der Waals surface area contributed by atoms with Gasteiger partial charge in [-0.05, 0) is 25.8 Å². The molecule has 0 aromatic heterocycles. The predicted octanol–water partition coefficient (Wildman–Crippen LogP) is 3.99. The van der Waals surface area contributed by atoms with Crippen LogP contribution in [0.15, 0.2) is 12.2 Å². The van der Waals surface area contributed by atoms with Crippen molar-refractivity contribution < 1.29 is 23.9 Å². The largest absolute Gasteiger partial charge is 0.465 e. The van der Waals surface area contributed by atoms with Gasteiger partial charge in [0.15, 0.2) is 5.92 Å². The molecule has 0 saturated heterocycles. The normalized spacial score (nSPS) is 10.5. The second-order valence-corrected chi connectivity index (χ2v) is 5.83. The van der Waals surface area contributed by atoms with Crippen LogP contribution in [0.3, 0.4) is 0 Å². The molecule has 0 spiro atoms. The molecule has 0 aliphatic rings. The molecule has 0 amide bonds. The van der Waals surface area contributed by atoms with Crippen molar-refractivity contribution in [3.8, 4) is 0 Å². The standard InChI is InChI=1S/C19H32O5/c1-5-8-9-10-11-12-13-16(20)14-15(4)17(18(21)23-6-2)19(22)24-7-3/h17H,4-14H2,1-3H3. The van der Waals surface area contributed by atoms with Gasteiger partial charge in [-0.25, -0.2) is 0 Å². The van der Waals surface area contributed by atoms with Gasteiger partial charge in [-0.15, -0.1) is 0 Å². The highest BCUT2D eigenvalue weighted by atomic mass is 16.6. The first-order chi connectivity index (χ1) is 11.5. The molecule has 0 aromatic carbocycles. The topological polar surface area (TPSA) is 69.7 Å². The van der Waals surface area contributed by atoms with E-state index in [2.05, 4.69) is 13.5 Å². The lowest BCUT2D eigenvalue weighted by Crippen LogP contribution is -2.30. The molecular weight excluding hydrogens is 308 g/mol. The van der Waals surface area contributed by atoms with E-state index in [0.717, 1.165) is 19.3 Å². The quantitative estimate of drug-likeness (QED) is 0.207. The van der Waals surface area contributed by atoms with Crippen LogP contribution in [0.5, 0.6) is 0 Å². The van der Waals surface area contributed by atoms with Crippen LogP contribution in [0, 0.1) is 5.92 Å². The molecule has 0 N–H and O–H groups in total. The summed E-state index contributed by atoms with van der Waals surface area (Å²) >= 11 is 0. The highest BCUT2D eigenvalue weighted by molar-refractivity contribution is 5.99. The summed E-state index contributed by atoms with van der Waals surface area (Å²) in [4.78, 5) is 35.9. The van der Waals surface area contributed by atoms with Crippen molar-refractivity contribution in [3.05, 3.63) is 12.2 Å². The minimum absolute atomic E-state index is 0.00547. The third kappa shape index (κ3) is 9.48. The zero-order valence-electron chi connectivity index (χ0n) is 15.4. The Kier molecular flexibility index (Phi) is 12.8. The fourth-order valence-electron chi connectivity index (χ4n) is 2.43. The van der Waals surface area contributed by atoms with E-state index >= 15 is 0 Å². The van der Waals surface area contributed by atoms with Crippen molar-refractivity contribution in [1.29, 1.82) is 0 Å². The summed E-state index contributed by atoms with van der Waals surface area (Å²) in [6, 6.07) is 0. The van der Waals surface area contributed by atoms with E-state index in [0.29, 0.717) is 6.42 Å². The Balaban J connectivity index is 4.40. The smallest absolute Gasteiger partial charge is 0.324 e. The van der Waals surface area contributed by atoms with E-state index in [1.165, 1.54) is 19.3 Å². The van der Waals surface area contributed by atoms with Crippen LogP contribution in [-0.2, 0) is 23.9 Å². The summed E-state index contributed by atoms with van der Waals surface area (Å²) in [5.74, 6) is -2.62. The highest BCUT2D eigenvalue weighted by Crippen LogP contribution is 2.19. The summed E-state index contributed by atoms with van der Waals surface area (Å²) in [6.45, 7) is 9.55. The van der Waals surface area contributed by atoms with Gasteiger partial charge in [-0.3, -0.25) is 14.4 Å². The first kappa shape index (κ1) is 22.4. The molecule has 5 nitrogen and oxygen atoms in total. The van der Waals surface area contributed by atoms with Crippen LogP contribution in [0.4, 0.5) is 0 Å². The number of rotatable bonds is 14. The lowest BCUT2D eigenvalue weighted by molar-refractivity contribution is -0.159. The fourth-order valence-corrected chi connectivity index (χ4v) is 2.43. The maximum Gasteiger partial charge on any atom is 0.324 e. The molecule has 0 radical (unpaired) electrons. The number of unbranched alkanes of at least 4 members (excludes halogenated alkanes) is 5. The van der Waals surface area contributed by atoms with Crippen molar-refractivity contribution >= 4 is 17.7 Å². The average Bonchev–Trinajstić information content (AvgIpc) is 2.51. The lowest BCUT2D eigenvalue weighted by atomic mass is 9.94. The maximum absolute atomic E-state index is 12.0. The first-order valence-electron chi connectivity index (χ1n) is 9.00. The number of carbonyl (C=O) groups excluding carboxylic acids is 3. The number of Topliss-reactive ketones (excluding diaryl/α,β-unsaturated/α-hetero) is 1. The van der Waals surface area contributed by atoms with Gasteiger partial charge < -0.3 is 9.47 Å². The number of ketones is 1. The Morgan fingerprint density at radius 2 is 1.33 bits per heavy atom. The number of hydrogen-bond acceptors (Lipinski definition) is 5. The van der Waals surface area contributed by atoms with E-state index in [4.69, 9.17) is 9.47 Å². The Bertz CT molecular complexity index is 396. The van der Waals surface area contributed by atoms with Crippen molar-refractivity contribution in [2.75, 3.05) is 13.2 Å².